The van der Waals surface area contributed by atoms with Gasteiger partial charge in [0.15, 0.2) is 5.76 Å². The van der Waals surface area contributed by atoms with Crippen LogP contribution in [0.15, 0.2) is 4.52 Å². The SMILES string of the molecule is CNOc1c(C)noc1C.Cl. The fraction of sp³-hybridized carbons (Fsp3) is 0.500. The highest BCUT2D eigenvalue weighted by molar-refractivity contribution is 5.85. The van der Waals surface area contributed by atoms with Crippen LogP contribution < -0.4 is 10.3 Å². The Morgan fingerprint density at radius 2 is 2.09 bits per heavy atom. The molecule has 0 atom stereocenters. The maximum atomic E-state index is 5.00. The Bertz CT molecular complexity index is 205. The van der Waals surface area contributed by atoms with E-state index >= 15 is 0 Å². The first-order chi connectivity index (χ1) is 4.75. The average Bonchev–Trinajstić information content (AvgIpc) is 2.20. The number of rotatable bonds is 2. The number of halogens is 1. The second-order valence-corrected chi connectivity index (χ2v) is 1.96. The predicted molar refractivity (Wildman–Crippen MR) is 42.9 cm³/mol. The summed E-state index contributed by atoms with van der Waals surface area (Å²) in [4.78, 5) is 5.00. The van der Waals surface area contributed by atoms with Gasteiger partial charge in [-0.2, -0.15) is 5.48 Å². The van der Waals surface area contributed by atoms with Crippen molar-refractivity contribution in [3.63, 3.8) is 0 Å². The van der Waals surface area contributed by atoms with Gasteiger partial charge in [0.2, 0.25) is 5.75 Å². The summed E-state index contributed by atoms with van der Waals surface area (Å²) in [5.74, 6) is 1.36. The number of hydrogen-bond acceptors (Lipinski definition) is 4. The largest absolute Gasteiger partial charge is 0.403 e. The van der Waals surface area contributed by atoms with Gasteiger partial charge in [0.05, 0.1) is 0 Å². The molecule has 0 radical (unpaired) electrons. The monoisotopic (exact) mass is 178 g/mol. The van der Waals surface area contributed by atoms with E-state index in [9.17, 15) is 0 Å². The Morgan fingerprint density at radius 1 is 1.45 bits per heavy atom. The maximum absolute atomic E-state index is 5.00. The van der Waals surface area contributed by atoms with Gasteiger partial charge < -0.3 is 9.36 Å². The van der Waals surface area contributed by atoms with Crippen LogP contribution in [0.25, 0.3) is 0 Å². The summed E-state index contributed by atoms with van der Waals surface area (Å²) in [6.07, 6.45) is 0. The van der Waals surface area contributed by atoms with Gasteiger partial charge in [-0.3, -0.25) is 0 Å². The topological polar surface area (TPSA) is 47.3 Å². The number of aryl methyl sites for hydroxylation is 2. The molecule has 1 N–H and O–H groups in total. The van der Waals surface area contributed by atoms with Crippen LogP contribution in [0.5, 0.6) is 5.75 Å². The Balaban J connectivity index is 0.000001000. The van der Waals surface area contributed by atoms with Gasteiger partial charge in [-0.1, -0.05) is 5.16 Å². The minimum atomic E-state index is 0. The number of nitrogens with one attached hydrogen (secondary N) is 1. The van der Waals surface area contributed by atoms with E-state index in [0.29, 0.717) is 11.5 Å². The van der Waals surface area contributed by atoms with Crippen molar-refractivity contribution in [1.29, 1.82) is 0 Å². The highest BCUT2D eigenvalue weighted by Crippen LogP contribution is 2.20. The zero-order chi connectivity index (χ0) is 7.56. The van der Waals surface area contributed by atoms with Crippen molar-refractivity contribution in [3.05, 3.63) is 11.5 Å². The summed E-state index contributed by atoms with van der Waals surface area (Å²) in [5.41, 5.74) is 3.31. The van der Waals surface area contributed by atoms with Gasteiger partial charge in [0.1, 0.15) is 5.69 Å². The molecule has 4 nitrogen and oxygen atoms in total. The Morgan fingerprint density at radius 3 is 2.45 bits per heavy atom. The second-order valence-electron chi connectivity index (χ2n) is 1.96. The third-order valence-corrected chi connectivity index (χ3v) is 1.17. The van der Waals surface area contributed by atoms with E-state index in [1.54, 1.807) is 14.0 Å². The summed E-state index contributed by atoms with van der Waals surface area (Å²) < 4.78 is 4.83. The Labute approximate surface area is 71.3 Å². The van der Waals surface area contributed by atoms with Crippen molar-refractivity contribution in [2.24, 2.45) is 0 Å². The van der Waals surface area contributed by atoms with Gasteiger partial charge in [0.25, 0.3) is 0 Å². The molecular weight excluding hydrogens is 168 g/mol. The first-order valence-corrected chi connectivity index (χ1v) is 3.02. The van der Waals surface area contributed by atoms with Crippen molar-refractivity contribution in [1.82, 2.24) is 10.6 Å². The van der Waals surface area contributed by atoms with Crippen molar-refractivity contribution < 1.29 is 9.36 Å². The lowest BCUT2D eigenvalue weighted by Gasteiger charge is -1.98. The highest BCUT2D eigenvalue weighted by Gasteiger charge is 2.08. The van der Waals surface area contributed by atoms with E-state index in [4.69, 9.17) is 9.36 Å². The van der Waals surface area contributed by atoms with Crippen LogP contribution in [0.1, 0.15) is 11.5 Å². The summed E-state index contributed by atoms with van der Waals surface area (Å²) in [5, 5.41) is 3.69. The van der Waals surface area contributed by atoms with Crippen LogP contribution in [0.3, 0.4) is 0 Å². The van der Waals surface area contributed by atoms with Crippen LogP contribution in [0.4, 0.5) is 0 Å². The predicted octanol–water partition coefficient (Wildman–Crippen LogP) is 1.23. The molecule has 0 aliphatic rings. The van der Waals surface area contributed by atoms with Gasteiger partial charge >= 0.3 is 0 Å². The third-order valence-electron chi connectivity index (χ3n) is 1.17. The van der Waals surface area contributed by atoms with Crippen LogP contribution in [0.2, 0.25) is 0 Å². The molecular formula is C6H11ClN2O2. The molecule has 0 aliphatic carbocycles. The minimum absolute atomic E-state index is 0. The molecule has 1 rings (SSSR count). The molecule has 5 heteroatoms. The van der Waals surface area contributed by atoms with Crippen LogP contribution in [-0.2, 0) is 0 Å². The standard InChI is InChI=1S/C6H10N2O2.ClH/c1-4-6(10-7-3)5(2)9-8-4;/h7H,1-3H3;1H. The number of hydroxylamine groups is 1. The van der Waals surface area contributed by atoms with Gasteiger partial charge in [-0.25, -0.2) is 0 Å². The zero-order valence-electron chi connectivity index (χ0n) is 6.67. The smallest absolute Gasteiger partial charge is 0.212 e. The summed E-state index contributed by atoms with van der Waals surface area (Å²) in [6, 6.07) is 0. The normalized spacial score (nSPS) is 9.00. The van der Waals surface area contributed by atoms with E-state index in [2.05, 4.69) is 10.6 Å². The minimum Gasteiger partial charge on any atom is -0.403 e. The lowest BCUT2D eigenvalue weighted by Crippen LogP contribution is -2.11. The second kappa shape index (κ2) is 4.20. The number of aromatic nitrogens is 1. The average molecular weight is 179 g/mol. The summed E-state index contributed by atoms with van der Waals surface area (Å²) in [6.45, 7) is 3.62. The molecule has 64 valence electrons. The molecule has 0 saturated heterocycles. The van der Waals surface area contributed by atoms with Gasteiger partial charge in [0, 0.05) is 14.0 Å². The summed E-state index contributed by atoms with van der Waals surface area (Å²) in [7, 11) is 1.69. The molecule has 0 bridgehead atoms. The molecule has 1 heterocycles. The van der Waals surface area contributed by atoms with E-state index in [0.717, 1.165) is 5.69 Å². The highest BCUT2D eigenvalue weighted by atomic mass is 35.5. The maximum Gasteiger partial charge on any atom is 0.212 e. The van der Waals surface area contributed by atoms with Gasteiger partial charge in [-0.15, -0.1) is 12.4 Å². The Kier molecular flexibility index (Phi) is 3.92. The molecule has 0 aromatic carbocycles. The summed E-state index contributed by atoms with van der Waals surface area (Å²) >= 11 is 0. The Hall–Kier alpha value is -0.740. The van der Waals surface area contributed by atoms with E-state index in [1.807, 2.05) is 6.92 Å². The first kappa shape index (κ1) is 10.3. The van der Waals surface area contributed by atoms with Crippen LogP contribution in [-0.4, -0.2) is 12.2 Å². The van der Waals surface area contributed by atoms with E-state index < -0.39 is 0 Å². The molecule has 1 aromatic rings. The van der Waals surface area contributed by atoms with Crippen molar-refractivity contribution in [3.8, 4) is 5.75 Å². The van der Waals surface area contributed by atoms with E-state index in [1.165, 1.54) is 0 Å². The quantitative estimate of drug-likeness (QED) is 0.692. The molecule has 0 spiro atoms. The van der Waals surface area contributed by atoms with Crippen molar-refractivity contribution in [2.75, 3.05) is 7.05 Å². The third kappa shape index (κ3) is 2.10. The van der Waals surface area contributed by atoms with Crippen LogP contribution in [0, 0.1) is 13.8 Å². The molecule has 11 heavy (non-hydrogen) atoms. The van der Waals surface area contributed by atoms with Crippen LogP contribution >= 0.6 is 12.4 Å². The van der Waals surface area contributed by atoms with Crippen molar-refractivity contribution >= 4 is 12.4 Å². The molecule has 0 amide bonds. The molecule has 0 saturated carbocycles. The van der Waals surface area contributed by atoms with Crippen molar-refractivity contribution in [2.45, 2.75) is 13.8 Å². The number of hydrogen-bond donors (Lipinski definition) is 1. The molecule has 0 fully saturated rings. The molecule has 0 aliphatic heterocycles. The molecule has 0 unspecified atom stereocenters. The van der Waals surface area contributed by atoms with Gasteiger partial charge in [-0.05, 0) is 6.92 Å². The fourth-order valence-corrected chi connectivity index (χ4v) is 0.722. The lowest BCUT2D eigenvalue weighted by molar-refractivity contribution is 0.217. The van der Waals surface area contributed by atoms with E-state index in [-0.39, 0.29) is 12.4 Å². The zero-order valence-corrected chi connectivity index (χ0v) is 7.49. The first-order valence-electron chi connectivity index (χ1n) is 3.02. The lowest BCUT2D eigenvalue weighted by atomic mass is 10.4. The molecule has 1 aromatic heterocycles. The number of nitrogens with zero attached hydrogens (tertiary/aromatic N) is 1. The fourth-order valence-electron chi connectivity index (χ4n) is 0.722.